The lowest BCUT2D eigenvalue weighted by Gasteiger charge is -2.05. The summed E-state index contributed by atoms with van der Waals surface area (Å²) in [7, 11) is 0. The van der Waals surface area contributed by atoms with E-state index in [1.54, 1.807) is 6.20 Å². The van der Waals surface area contributed by atoms with Gasteiger partial charge in [-0.25, -0.2) is 4.98 Å². The molecule has 26 heavy (non-hydrogen) atoms. The zero-order valence-electron chi connectivity index (χ0n) is 13.3. The number of rotatable bonds is 1. The van der Waals surface area contributed by atoms with Crippen molar-refractivity contribution in [2.24, 2.45) is 0 Å². The summed E-state index contributed by atoms with van der Waals surface area (Å²) in [4.78, 5) is 23.5. The Labute approximate surface area is 161 Å². The highest BCUT2D eigenvalue weighted by Gasteiger charge is 2.16. The number of pyridine rings is 1. The van der Waals surface area contributed by atoms with Crippen molar-refractivity contribution in [1.29, 1.82) is 0 Å². The number of halogens is 2. The van der Waals surface area contributed by atoms with Gasteiger partial charge in [-0.1, -0.05) is 45.7 Å². The number of nitrogens with zero attached hydrogens (tertiary/aromatic N) is 1. The van der Waals surface area contributed by atoms with E-state index in [1.807, 2.05) is 48.5 Å². The van der Waals surface area contributed by atoms with E-state index in [4.69, 9.17) is 16.6 Å². The maximum Gasteiger partial charge on any atom is 0.256 e. The molecule has 0 radical (unpaired) electrons. The van der Waals surface area contributed by atoms with Gasteiger partial charge in [0.25, 0.3) is 5.56 Å². The highest BCUT2D eigenvalue weighted by Crippen LogP contribution is 2.36. The fourth-order valence-electron chi connectivity index (χ4n) is 3.43. The third-order valence-electron chi connectivity index (χ3n) is 4.57. The van der Waals surface area contributed by atoms with Crippen LogP contribution in [0.15, 0.2) is 64.0 Å². The predicted octanol–water partition coefficient (Wildman–Crippen LogP) is 5.64. The van der Waals surface area contributed by atoms with E-state index in [1.165, 1.54) is 0 Å². The van der Waals surface area contributed by atoms with Crippen molar-refractivity contribution in [3.8, 4) is 11.4 Å². The summed E-state index contributed by atoms with van der Waals surface area (Å²) in [6.45, 7) is 0. The molecule has 0 saturated carbocycles. The Hall–Kier alpha value is -2.63. The van der Waals surface area contributed by atoms with Crippen molar-refractivity contribution in [1.82, 2.24) is 15.0 Å². The number of aromatic nitrogens is 3. The van der Waals surface area contributed by atoms with Crippen molar-refractivity contribution >= 4 is 60.1 Å². The topological polar surface area (TPSA) is 61.5 Å². The molecule has 2 aromatic heterocycles. The molecule has 5 aromatic rings. The van der Waals surface area contributed by atoms with Crippen LogP contribution in [-0.2, 0) is 0 Å². The number of fused-ring (bicyclic) bond motifs is 6. The minimum Gasteiger partial charge on any atom is -0.337 e. The van der Waals surface area contributed by atoms with Crippen LogP contribution in [0.4, 0.5) is 0 Å². The molecule has 0 aliphatic heterocycles. The molecule has 0 unspecified atom stereocenters. The molecule has 126 valence electrons. The fourth-order valence-corrected chi connectivity index (χ4v) is 4.01. The number of hydrogen-bond donors (Lipinski definition) is 2. The second kappa shape index (κ2) is 5.69. The first kappa shape index (κ1) is 15.6. The van der Waals surface area contributed by atoms with E-state index < -0.39 is 0 Å². The molecule has 3 aromatic carbocycles. The van der Waals surface area contributed by atoms with Gasteiger partial charge in [0.1, 0.15) is 5.82 Å². The van der Waals surface area contributed by atoms with Gasteiger partial charge in [-0.3, -0.25) is 4.79 Å². The first-order valence-corrected chi connectivity index (χ1v) is 9.18. The fraction of sp³-hybridized carbons (Fsp3) is 0. The van der Waals surface area contributed by atoms with E-state index in [9.17, 15) is 4.79 Å². The van der Waals surface area contributed by atoms with Crippen LogP contribution in [-0.4, -0.2) is 15.0 Å². The maximum absolute atomic E-state index is 12.5. The summed E-state index contributed by atoms with van der Waals surface area (Å²) in [5, 5.41) is 3.88. The zero-order chi connectivity index (χ0) is 17.8. The molecular formula is C20H11BrClN3O. The van der Waals surface area contributed by atoms with Crippen LogP contribution in [0, 0.1) is 0 Å². The Bertz CT molecular complexity index is 1390. The van der Waals surface area contributed by atoms with Crippen molar-refractivity contribution in [2.75, 3.05) is 0 Å². The Morgan fingerprint density at radius 2 is 1.85 bits per heavy atom. The first-order chi connectivity index (χ1) is 12.6. The SMILES string of the molecule is O=c1[nH]ccc2c3nc(-c4ccccc4Cl)[nH]c3c3ccc(Br)cc3c12. The van der Waals surface area contributed by atoms with Crippen molar-refractivity contribution < 1.29 is 0 Å². The van der Waals surface area contributed by atoms with E-state index >= 15 is 0 Å². The van der Waals surface area contributed by atoms with Crippen LogP contribution in [0.3, 0.4) is 0 Å². The van der Waals surface area contributed by atoms with Gasteiger partial charge >= 0.3 is 0 Å². The van der Waals surface area contributed by atoms with Gasteiger partial charge in [0.15, 0.2) is 0 Å². The average molecular weight is 425 g/mol. The molecule has 0 saturated heterocycles. The quantitative estimate of drug-likeness (QED) is 0.342. The van der Waals surface area contributed by atoms with Crippen LogP contribution in [0.1, 0.15) is 0 Å². The lowest BCUT2D eigenvalue weighted by atomic mass is 10.0. The van der Waals surface area contributed by atoms with Crippen LogP contribution < -0.4 is 5.56 Å². The van der Waals surface area contributed by atoms with Crippen LogP contribution in [0.2, 0.25) is 5.02 Å². The van der Waals surface area contributed by atoms with Crippen LogP contribution in [0.5, 0.6) is 0 Å². The molecule has 0 aliphatic carbocycles. The molecule has 5 rings (SSSR count). The summed E-state index contributed by atoms with van der Waals surface area (Å²) >= 11 is 9.85. The summed E-state index contributed by atoms with van der Waals surface area (Å²) in [6, 6.07) is 15.4. The summed E-state index contributed by atoms with van der Waals surface area (Å²) in [6.07, 6.45) is 1.65. The molecule has 2 N–H and O–H groups in total. The van der Waals surface area contributed by atoms with Gasteiger partial charge in [-0.05, 0) is 35.7 Å². The lowest BCUT2D eigenvalue weighted by molar-refractivity contribution is 1.28. The molecule has 0 spiro atoms. The molecule has 6 heteroatoms. The summed E-state index contributed by atoms with van der Waals surface area (Å²) in [5.41, 5.74) is 2.35. The lowest BCUT2D eigenvalue weighted by Crippen LogP contribution is -2.05. The molecule has 0 fully saturated rings. The summed E-state index contributed by atoms with van der Waals surface area (Å²) < 4.78 is 0.916. The number of imidazole rings is 1. The molecule has 0 amide bonds. The third kappa shape index (κ3) is 2.21. The monoisotopic (exact) mass is 423 g/mol. The van der Waals surface area contributed by atoms with Gasteiger partial charge in [-0.15, -0.1) is 0 Å². The third-order valence-corrected chi connectivity index (χ3v) is 5.39. The summed E-state index contributed by atoms with van der Waals surface area (Å²) in [5.74, 6) is 0.683. The van der Waals surface area contributed by atoms with Crippen molar-refractivity contribution in [3.63, 3.8) is 0 Å². The normalized spacial score (nSPS) is 11.6. The molecule has 0 atom stereocenters. The number of aromatic amines is 2. The van der Waals surface area contributed by atoms with E-state index in [2.05, 4.69) is 25.9 Å². The maximum atomic E-state index is 12.5. The number of hydrogen-bond acceptors (Lipinski definition) is 2. The minimum absolute atomic E-state index is 0.130. The zero-order valence-corrected chi connectivity index (χ0v) is 15.6. The standard InChI is InChI=1S/C20H11BrClN3O/c21-10-5-6-11-14(9-10)16-13(7-8-23-20(16)26)18-17(11)24-19(25-18)12-3-1-2-4-15(12)22/h1-9H,(H,23,26)(H,24,25). The van der Waals surface area contributed by atoms with Gasteiger partial charge in [0.05, 0.1) is 21.4 Å². The van der Waals surface area contributed by atoms with Crippen LogP contribution in [0.25, 0.3) is 44.0 Å². The number of nitrogens with one attached hydrogen (secondary N) is 2. The highest BCUT2D eigenvalue weighted by molar-refractivity contribution is 9.10. The van der Waals surface area contributed by atoms with E-state index in [-0.39, 0.29) is 5.56 Å². The second-order valence-corrected chi connectivity index (χ2v) is 7.40. The van der Waals surface area contributed by atoms with Crippen molar-refractivity contribution in [3.05, 3.63) is 74.6 Å². The largest absolute Gasteiger partial charge is 0.337 e. The molecule has 0 aliphatic rings. The Morgan fingerprint density at radius 1 is 1.00 bits per heavy atom. The van der Waals surface area contributed by atoms with Gasteiger partial charge < -0.3 is 9.97 Å². The highest BCUT2D eigenvalue weighted by atomic mass is 79.9. The number of H-pyrrole nitrogens is 2. The minimum atomic E-state index is -0.130. The first-order valence-electron chi connectivity index (χ1n) is 8.01. The molecular weight excluding hydrogens is 414 g/mol. The Morgan fingerprint density at radius 3 is 2.69 bits per heavy atom. The molecule has 2 heterocycles. The number of benzene rings is 3. The second-order valence-electron chi connectivity index (χ2n) is 6.07. The van der Waals surface area contributed by atoms with Gasteiger partial charge in [0.2, 0.25) is 0 Å². The smallest absolute Gasteiger partial charge is 0.256 e. The average Bonchev–Trinajstić information content (AvgIpc) is 3.07. The predicted molar refractivity (Wildman–Crippen MR) is 110 cm³/mol. The van der Waals surface area contributed by atoms with E-state index in [0.29, 0.717) is 16.2 Å². The van der Waals surface area contributed by atoms with Gasteiger partial charge in [-0.2, -0.15) is 0 Å². The Balaban J connectivity index is 2.02. The van der Waals surface area contributed by atoms with E-state index in [0.717, 1.165) is 37.2 Å². The Kier molecular flexibility index (Phi) is 3.42. The van der Waals surface area contributed by atoms with Crippen LogP contribution >= 0.6 is 27.5 Å². The molecule has 4 nitrogen and oxygen atoms in total. The molecule has 0 bridgehead atoms. The van der Waals surface area contributed by atoms with Gasteiger partial charge in [0, 0.05) is 27.0 Å². The van der Waals surface area contributed by atoms with Crippen molar-refractivity contribution in [2.45, 2.75) is 0 Å².